The summed E-state index contributed by atoms with van der Waals surface area (Å²) in [6.07, 6.45) is 1.57. The fourth-order valence-electron chi connectivity index (χ4n) is 7.11. The van der Waals surface area contributed by atoms with Crippen LogP contribution in [-0.4, -0.2) is 56.0 Å². The van der Waals surface area contributed by atoms with Gasteiger partial charge in [0.15, 0.2) is 23.7 Å². The predicted octanol–water partition coefficient (Wildman–Crippen LogP) is 2.00. The summed E-state index contributed by atoms with van der Waals surface area (Å²) in [5.74, 6) is -2.99. The molecule has 10 heteroatoms. The van der Waals surface area contributed by atoms with Crippen molar-refractivity contribution in [1.82, 2.24) is 5.32 Å². The van der Waals surface area contributed by atoms with E-state index in [9.17, 15) is 34.8 Å². The molecule has 5 N–H and O–H groups in total. The molecule has 6 atom stereocenters. The number of aliphatic hydroxyl groups is 2. The number of rotatable bonds is 7. The lowest BCUT2D eigenvalue weighted by atomic mass is 9.47. The number of phenolic OH excluding ortho intramolecular Hbond substituents is 1. The van der Waals surface area contributed by atoms with Crippen molar-refractivity contribution < 1.29 is 44.3 Å². The fourth-order valence-corrected chi connectivity index (χ4v) is 7.11. The first-order valence-corrected chi connectivity index (χ1v) is 13.1. The number of amides is 1. The molecule has 3 aliphatic carbocycles. The Kier molecular flexibility index (Phi) is 5.92. The second kappa shape index (κ2) is 9.10. The molecule has 2 bridgehead atoms. The van der Waals surface area contributed by atoms with Gasteiger partial charge in [-0.3, -0.25) is 9.59 Å². The first-order valence-electron chi connectivity index (χ1n) is 13.1. The van der Waals surface area contributed by atoms with E-state index in [1.165, 1.54) is 12.1 Å². The van der Waals surface area contributed by atoms with Crippen LogP contribution in [0.2, 0.25) is 0 Å². The van der Waals surface area contributed by atoms with Crippen LogP contribution in [0.25, 0.3) is 0 Å². The summed E-state index contributed by atoms with van der Waals surface area (Å²) in [7, 11) is 0. The highest BCUT2D eigenvalue weighted by Gasteiger charge is 2.70. The van der Waals surface area contributed by atoms with Crippen LogP contribution >= 0.6 is 0 Å². The molecule has 39 heavy (non-hydrogen) atoms. The number of aliphatic hydroxyl groups excluding tert-OH is 1. The van der Waals surface area contributed by atoms with Gasteiger partial charge in [-0.05, 0) is 54.9 Å². The van der Waals surface area contributed by atoms with Gasteiger partial charge >= 0.3 is 11.9 Å². The highest BCUT2D eigenvalue weighted by atomic mass is 16.6. The highest BCUT2D eigenvalue weighted by Crippen LogP contribution is 2.67. The number of hydrogen-bond donors (Lipinski definition) is 5. The maximum atomic E-state index is 13.0. The van der Waals surface area contributed by atoms with Crippen molar-refractivity contribution in [3.05, 3.63) is 71.0 Å². The normalized spacial score (nSPS) is 29.2. The van der Waals surface area contributed by atoms with Gasteiger partial charge in [-0.15, -0.1) is 0 Å². The molecule has 1 amide bonds. The number of benzene rings is 2. The third-order valence-corrected chi connectivity index (χ3v) is 8.84. The molecule has 0 radical (unpaired) electrons. The summed E-state index contributed by atoms with van der Waals surface area (Å²) >= 11 is 0. The molecule has 4 aliphatic rings. The Labute approximate surface area is 223 Å². The number of phenols is 1. The lowest BCUT2D eigenvalue weighted by Gasteiger charge is -2.59. The number of carboxylic acid groups (broad SMARTS) is 1. The number of carboxylic acids is 1. The molecule has 2 aromatic rings. The summed E-state index contributed by atoms with van der Waals surface area (Å²) in [6.45, 7) is 0. The van der Waals surface area contributed by atoms with Gasteiger partial charge in [0.25, 0.3) is 5.91 Å². The van der Waals surface area contributed by atoms with E-state index in [1.54, 1.807) is 30.3 Å². The molecule has 6 rings (SSSR count). The molecule has 10 nitrogen and oxygen atoms in total. The summed E-state index contributed by atoms with van der Waals surface area (Å²) in [4.78, 5) is 37.3. The van der Waals surface area contributed by atoms with Gasteiger partial charge in [0.05, 0.1) is 17.4 Å². The van der Waals surface area contributed by atoms with E-state index < -0.39 is 53.5 Å². The van der Waals surface area contributed by atoms with Crippen LogP contribution in [0.1, 0.15) is 54.9 Å². The number of aliphatic carboxylic acids is 1. The molecule has 2 aromatic carbocycles. The van der Waals surface area contributed by atoms with E-state index in [0.717, 1.165) is 24.0 Å². The van der Waals surface area contributed by atoms with Crippen LogP contribution < -0.4 is 10.1 Å². The van der Waals surface area contributed by atoms with E-state index in [-0.39, 0.29) is 35.2 Å². The second-order valence-electron chi connectivity index (χ2n) is 10.8. The molecule has 1 aliphatic heterocycles. The van der Waals surface area contributed by atoms with Gasteiger partial charge in [-0.2, -0.15) is 0 Å². The van der Waals surface area contributed by atoms with Crippen molar-refractivity contribution in [1.29, 1.82) is 0 Å². The summed E-state index contributed by atoms with van der Waals surface area (Å²) in [5, 5.41) is 44.8. The van der Waals surface area contributed by atoms with Gasteiger partial charge in [0, 0.05) is 5.56 Å². The Morgan fingerprint density at radius 1 is 1.15 bits per heavy atom. The smallest absolute Gasteiger partial charge is 0.326 e. The molecular weight excluding hydrogens is 506 g/mol. The number of carbonyl (C=O) groups is 3. The van der Waals surface area contributed by atoms with Gasteiger partial charge in [0.2, 0.25) is 0 Å². The zero-order chi connectivity index (χ0) is 27.5. The monoisotopic (exact) mass is 535 g/mol. The quantitative estimate of drug-likeness (QED) is 0.334. The molecule has 1 fully saturated rings. The number of esters is 1. The zero-order valence-electron chi connectivity index (χ0n) is 21.0. The maximum absolute atomic E-state index is 13.0. The molecule has 0 unspecified atom stereocenters. The molecular formula is C29H29NO9. The zero-order valence-corrected chi connectivity index (χ0v) is 21.0. The van der Waals surface area contributed by atoms with Crippen molar-refractivity contribution in [3.8, 4) is 11.5 Å². The van der Waals surface area contributed by atoms with Crippen LogP contribution in [0.15, 0.2) is 54.3 Å². The molecule has 0 saturated heterocycles. The Morgan fingerprint density at radius 3 is 2.67 bits per heavy atom. The third-order valence-electron chi connectivity index (χ3n) is 8.84. The largest absolute Gasteiger partial charge is 0.504 e. The summed E-state index contributed by atoms with van der Waals surface area (Å²) < 4.78 is 11.9. The Hall–Kier alpha value is -3.89. The molecule has 204 valence electrons. The average Bonchev–Trinajstić information content (AvgIpc) is 3.26. The first-order chi connectivity index (χ1) is 18.7. The van der Waals surface area contributed by atoms with Gasteiger partial charge in [0.1, 0.15) is 11.8 Å². The predicted molar refractivity (Wildman–Crippen MR) is 135 cm³/mol. The highest BCUT2D eigenvalue weighted by molar-refractivity contribution is 5.89. The number of ether oxygens (including phenoxy) is 2. The van der Waals surface area contributed by atoms with Crippen molar-refractivity contribution in [2.75, 3.05) is 0 Å². The first kappa shape index (κ1) is 25.4. The standard InChI is InChI=1S/C29H29NO9/c31-19-9-8-16-13-17-7-4-11-28-22(16)24(19)39-25(28)20(10-12-29(17,28)37)38-21(32)14-18(27(35)36)30-26(34)23(33)15-5-2-1-3-6-15/h1-3,5-6,8-10,17-18,23,25,31,33,37H,4,7,11-14H2,(H,30,34)(H,35,36)/t17-,18-,23-,25+,28+,29-/m0/s1. The van der Waals surface area contributed by atoms with Crippen LogP contribution in [-0.2, 0) is 31.0 Å². The average molecular weight is 536 g/mol. The summed E-state index contributed by atoms with van der Waals surface area (Å²) in [6, 6.07) is 9.79. The van der Waals surface area contributed by atoms with Crippen LogP contribution in [0.5, 0.6) is 11.5 Å². The van der Waals surface area contributed by atoms with Crippen LogP contribution in [0.3, 0.4) is 0 Å². The molecule has 1 spiro atoms. The van der Waals surface area contributed by atoms with Gasteiger partial charge in [-0.25, -0.2) is 4.79 Å². The van der Waals surface area contributed by atoms with E-state index in [0.29, 0.717) is 12.8 Å². The lowest BCUT2D eigenvalue weighted by molar-refractivity contribution is -0.161. The molecule has 1 heterocycles. The molecule has 0 aromatic heterocycles. The number of nitrogens with one attached hydrogen (secondary N) is 1. The van der Waals surface area contributed by atoms with E-state index in [2.05, 4.69) is 5.32 Å². The van der Waals surface area contributed by atoms with Crippen molar-refractivity contribution in [2.45, 2.75) is 67.8 Å². The lowest BCUT2D eigenvalue weighted by Crippen LogP contribution is -2.67. The third kappa shape index (κ3) is 3.73. The second-order valence-corrected chi connectivity index (χ2v) is 10.8. The van der Waals surface area contributed by atoms with Crippen LogP contribution in [0.4, 0.5) is 0 Å². The number of aromatic hydroxyl groups is 1. The minimum Gasteiger partial charge on any atom is -0.504 e. The van der Waals surface area contributed by atoms with Crippen molar-refractivity contribution >= 4 is 17.8 Å². The Morgan fingerprint density at radius 2 is 1.92 bits per heavy atom. The fraction of sp³-hybridized carbons (Fsp3) is 0.414. The minimum absolute atomic E-state index is 0.0171. The van der Waals surface area contributed by atoms with Crippen LogP contribution in [0, 0.1) is 5.92 Å². The SMILES string of the molecule is O=C(C[C@H](NC(=O)[C@@H](O)c1ccccc1)C(=O)O)OC1=CC[C@]2(O)[C@H]3CCC[C@]24c2c(ccc(O)c2O[C@H]14)C3. The van der Waals surface area contributed by atoms with E-state index in [4.69, 9.17) is 9.47 Å². The van der Waals surface area contributed by atoms with E-state index >= 15 is 0 Å². The Bertz CT molecular complexity index is 1390. The number of carbonyl (C=O) groups excluding carboxylic acids is 2. The van der Waals surface area contributed by atoms with Crippen molar-refractivity contribution in [2.24, 2.45) is 5.92 Å². The van der Waals surface area contributed by atoms with Gasteiger partial charge < -0.3 is 35.2 Å². The van der Waals surface area contributed by atoms with Gasteiger partial charge in [-0.1, -0.05) is 42.8 Å². The minimum atomic E-state index is -1.64. The Balaban J connectivity index is 1.23. The summed E-state index contributed by atoms with van der Waals surface area (Å²) in [5.41, 5.74) is 0.00115. The van der Waals surface area contributed by atoms with Crippen molar-refractivity contribution in [3.63, 3.8) is 0 Å². The number of hydrogen-bond acceptors (Lipinski definition) is 8. The topological polar surface area (TPSA) is 163 Å². The van der Waals surface area contributed by atoms with E-state index in [1.807, 2.05) is 6.07 Å². The molecule has 1 saturated carbocycles. The maximum Gasteiger partial charge on any atom is 0.326 e.